The second kappa shape index (κ2) is 5.09. The standard InChI is InChI=1S/C8H11BrFN3O/c1-6(9)8(14)11-7-2-4-13(12-7)5-3-10/h2,4,6H,3,5H2,1H3,(H,11,12,14)/t6-/m1/s1. The molecular formula is C8H11BrFN3O. The number of amides is 1. The summed E-state index contributed by atoms with van der Waals surface area (Å²) in [6, 6.07) is 1.63. The number of anilines is 1. The summed E-state index contributed by atoms with van der Waals surface area (Å²) in [6.45, 7) is 1.46. The van der Waals surface area contributed by atoms with E-state index < -0.39 is 6.67 Å². The van der Waals surface area contributed by atoms with Crippen LogP contribution in [0.1, 0.15) is 6.92 Å². The molecule has 0 saturated carbocycles. The summed E-state index contributed by atoms with van der Waals surface area (Å²) < 4.78 is 13.4. The molecule has 0 aliphatic carbocycles. The molecule has 1 aromatic rings. The van der Waals surface area contributed by atoms with Crippen LogP contribution in [0.2, 0.25) is 0 Å². The lowest BCUT2D eigenvalue weighted by atomic mass is 10.4. The summed E-state index contributed by atoms with van der Waals surface area (Å²) in [4.78, 5) is 10.9. The molecule has 1 heterocycles. The fourth-order valence-electron chi connectivity index (χ4n) is 0.865. The van der Waals surface area contributed by atoms with Gasteiger partial charge in [0.25, 0.3) is 0 Å². The summed E-state index contributed by atoms with van der Waals surface area (Å²) in [7, 11) is 0. The molecule has 0 spiro atoms. The number of hydrogen-bond donors (Lipinski definition) is 1. The molecule has 0 aliphatic rings. The second-order valence-corrected chi connectivity index (χ2v) is 4.13. The number of carbonyl (C=O) groups is 1. The van der Waals surface area contributed by atoms with Gasteiger partial charge in [-0.15, -0.1) is 0 Å². The zero-order valence-corrected chi connectivity index (χ0v) is 9.29. The molecule has 0 radical (unpaired) electrons. The Balaban J connectivity index is 2.55. The molecule has 4 nitrogen and oxygen atoms in total. The Kier molecular flexibility index (Phi) is 4.06. The van der Waals surface area contributed by atoms with E-state index >= 15 is 0 Å². The lowest BCUT2D eigenvalue weighted by molar-refractivity contribution is -0.115. The van der Waals surface area contributed by atoms with Crippen LogP contribution in [-0.4, -0.2) is 27.2 Å². The van der Waals surface area contributed by atoms with E-state index in [9.17, 15) is 9.18 Å². The van der Waals surface area contributed by atoms with Gasteiger partial charge in [-0.1, -0.05) is 15.9 Å². The predicted molar refractivity (Wildman–Crippen MR) is 55.2 cm³/mol. The topological polar surface area (TPSA) is 46.9 Å². The summed E-state index contributed by atoms with van der Waals surface area (Å²) in [6.07, 6.45) is 1.62. The van der Waals surface area contributed by atoms with Gasteiger partial charge in [-0.2, -0.15) is 5.10 Å². The van der Waals surface area contributed by atoms with E-state index in [2.05, 4.69) is 26.3 Å². The zero-order chi connectivity index (χ0) is 10.6. The number of carbonyl (C=O) groups excluding carboxylic acids is 1. The van der Waals surface area contributed by atoms with Crippen molar-refractivity contribution >= 4 is 27.7 Å². The Labute approximate surface area is 89.6 Å². The maximum Gasteiger partial charge on any atom is 0.239 e. The maximum absolute atomic E-state index is 11.9. The highest BCUT2D eigenvalue weighted by Crippen LogP contribution is 2.06. The molecule has 0 unspecified atom stereocenters. The van der Waals surface area contributed by atoms with Gasteiger partial charge in [0.05, 0.1) is 11.4 Å². The van der Waals surface area contributed by atoms with Crippen molar-refractivity contribution in [1.29, 1.82) is 0 Å². The van der Waals surface area contributed by atoms with E-state index in [0.29, 0.717) is 5.82 Å². The van der Waals surface area contributed by atoms with Crippen LogP contribution in [0.3, 0.4) is 0 Å². The molecule has 0 fully saturated rings. The maximum atomic E-state index is 11.9. The quantitative estimate of drug-likeness (QED) is 0.839. The van der Waals surface area contributed by atoms with Crippen LogP contribution < -0.4 is 5.32 Å². The first kappa shape index (κ1) is 11.2. The van der Waals surface area contributed by atoms with Crippen molar-refractivity contribution in [3.8, 4) is 0 Å². The van der Waals surface area contributed by atoms with Crippen LogP contribution in [0.4, 0.5) is 10.2 Å². The number of aryl methyl sites for hydroxylation is 1. The van der Waals surface area contributed by atoms with Gasteiger partial charge in [-0.25, -0.2) is 4.39 Å². The van der Waals surface area contributed by atoms with Gasteiger partial charge in [0.2, 0.25) is 5.91 Å². The summed E-state index contributed by atoms with van der Waals surface area (Å²) in [5.74, 6) is 0.269. The third-order valence-corrected chi connectivity index (χ3v) is 1.98. The number of hydrogen-bond acceptors (Lipinski definition) is 2. The molecule has 1 aromatic heterocycles. The van der Waals surface area contributed by atoms with E-state index in [1.54, 1.807) is 19.2 Å². The monoisotopic (exact) mass is 263 g/mol. The third kappa shape index (κ3) is 3.10. The van der Waals surface area contributed by atoms with Gasteiger partial charge in [-0.3, -0.25) is 9.48 Å². The van der Waals surface area contributed by atoms with Crippen molar-refractivity contribution in [3.63, 3.8) is 0 Å². The van der Waals surface area contributed by atoms with Gasteiger partial charge in [0.1, 0.15) is 6.67 Å². The first-order chi connectivity index (χ1) is 6.63. The highest BCUT2D eigenvalue weighted by atomic mass is 79.9. The number of aromatic nitrogens is 2. The van der Waals surface area contributed by atoms with E-state index in [1.165, 1.54) is 4.68 Å². The Morgan fingerprint density at radius 2 is 2.57 bits per heavy atom. The summed E-state index contributed by atoms with van der Waals surface area (Å²) >= 11 is 3.13. The SMILES string of the molecule is C[C@@H](Br)C(=O)Nc1ccn(CCF)n1. The number of alkyl halides is 2. The molecule has 0 aromatic carbocycles. The van der Waals surface area contributed by atoms with E-state index in [1.807, 2.05) is 0 Å². The van der Waals surface area contributed by atoms with Crippen molar-refractivity contribution < 1.29 is 9.18 Å². The van der Waals surface area contributed by atoms with Crippen molar-refractivity contribution in [3.05, 3.63) is 12.3 Å². The minimum atomic E-state index is -0.468. The number of halogens is 2. The Morgan fingerprint density at radius 1 is 1.86 bits per heavy atom. The molecule has 1 amide bonds. The molecule has 1 atom stereocenters. The van der Waals surface area contributed by atoms with Gasteiger partial charge in [0.15, 0.2) is 5.82 Å². The van der Waals surface area contributed by atoms with Crippen LogP contribution in [-0.2, 0) is 11.3 Å². The largest absolute Gasteiger partial charge is 0.308 e. The zero-order valence-electron chi connectivity index (χ0n) is 7.70. The van der Waals surface area contributed by atoms with Gasteiger partial charge < -0.3 is 5.32 Å². The molecule has 0 saturated heterocycles. The molecule has 0 aliphatic heterocycles. The smallest absolute Gasteiger partial charge is 0.239 e. The molecular weight excluding hydrogens is 253 g/mol. The van der Waals surface area contributed by atoms with E-state index in [4.69, 9.17) is 0 Å². The average molecular weight is 264 g/mol. The molecule has 14 heavy (non-hydrogen) atoms. The molecule has 6 heteroatoms. The van der Waals surface area contributed by atoms with Crippen molar-refractivity contribution in [2.24, 2.45) is 0 Å². The molecule has 0 bridgehead atoms. The normalized spacial score (nSPS) is 12.5. The molecule has 78 valence electrons. The first-order valence-corrected chi connectivity index (χ1v) is 5.09. The highest BCUT2D eigenvalue weighted by molar-refractivity contribution is 9.10. The summed E-state index contributed by atoms with van der Waals surface area (Å²) in [5.41, 5.74) is 0. The molecule has 1 rings (SSSR count). The van der Waals surface area contributed by atoms with Crippen molar-refractivity contribution in [1.82, 2.24) is 9.78 Å². The minimum Gasteiger partial charge on any atom is -0.308 e. The van der Waals surface area contributed by atoms with Gasteiger partial charge >= 0.3 is 0 Å². The summed E-state index contributed by atoms with van der Waals surface area (Å²) in [5, 5.41) is 6.53. The Bertz CT molecular complexity index is 313. The lowest BCUT2D eigenvalue weighted by Crippen LogP contribution is -2.20. The van der Waals surface area contributed by atoms with Crippen molar-refractivity contribution in [2.45, 2.75) is 18.3 Å². The minimum absolute atomic E-state index is 0.171. The number of nitrogens with zero attached hydrogens (tertiary/aromatic N) is 2. The van der Waals surface area contributed by atoms with Gasteiger partial charge in [-0.05, 0) is 6.92 Å². The second-order valence-electron chi connectivity index (χ2n) is 2.76. The molecule has 1 N–H and O–H groups in total. The Morgan fingerprint density at radius 3 is 3.14 bits per heavy atom. The third-order valence-electron chi connectivity index (χ3n) is 1.57. The average Bonchev–Trinajstić information content (AvgIpc) is 2.53. The lowest BCUT2D eigenvalue weighted by Gasteiger charge is -2.02. The van der Waals surface area contributed by atoms with E-state index in [-0.39, 0.29) is 17.3 Å². The predicted octanol–water partition coefficient (Wildman–Crippen LogP) is 1.57. The fraction of sp³-hybridized carbons (Fsp3) is 0.500. The van der Waals surface area contributed by atoms with Crippen LogP contribution in [0, 0.1) is 0 Å². The van der Waals surface area contributed by atoms with Crippen LogP contribution in [0.25, 0.3) is 0 Å². The van der Waals surface area contributed by atoms with Crippen LogP contribution in [0.15, 0.2) is 12.3 Å². The van der Waals surface area contributed by atoms with Crippen LogP contribution in [0.5, 0.6) is 0 Å². The van der Waals surface area contributed by atoms with Gasteiger partial charge in [0, 0.05) is 12.3 Å². The highest BCUT2D eigenvalue weighted by Gasteiger charge is 2.09. The van der Waals surface area contributed by atoms with Crippen molar-refractivity contribution in [2.75, 3.05) is 12.0 Å². The first-order valence-electron chi connectivity index (χ1n) is 4.18. The van der Waals surface area contributed by atoms with Crippen LogP contribution >= 0.6 is 15.9 Å². The fourth-order valence-corrected chi connectivity index (χ4v) is 0.980. The number of nitrogens with one attached hydrogen (secondary N) is 1. The Hall–Kier alpha value is -0.910. The number of rotatable bonds is 4. The van der Waals surface area contributed by atoms with E-state index in [0.717, 1.165) is 0 Å².